The van der Waals surface area contributed by atoms with Crippen LogP contribution in [0.25, 0.3) is 0 Å². The molecule has 24 heavy (non-hydrogen) atoms. The molecule has 2 N–H and O–H groups in total. The Kier molecular flexibility index (Phi) is 4.69. The maximum absolute atomic E-state index is 12.3. The summed E-state index contributed by atoms with van der Waals surface area (Å²) in [6.45, 7) is 0. The van der Waals surface area contributed by atoms with E-state index in [4.69, 9.17) is 4.74 Å². The Balaban J connectivity index is 1.68. The lowest BCUT2D eigenvalue weighted by Crippen LogP contribution is -2.41. The highest BCUT2D eigenvalue weighted by molar-refractivity contribution is 5.96. The maximum atomic E-state index is 12.3. The Morgan fingerprint density at radius 2 is 2.17 bits per heavy atom. The van der Waals surface area contributed by atoms with Gasteiger partial charge in [0.05, 0.1) is 6.20 Å². The molecular weight excluding hydrogens is 310 g/mol. The summed E-state index contributed by atoms with van der Waals surface area (Å²) in [7, 11) is 0. The van der Waals surface area contributed by atoms with E-state index < -0.39 is 17.9 Å². The van der Waals surface area contributed by atoms with Gasteiger partial charge in [0.25, 0.3) is 5.91 Å². The van der Waals surface area contributed by atoms with Crippen molar-refractivity contribution < 1.29 is 19.4 Å². The molecule has 1 aromatic heterocycles. The van der Waals surface area contributed by atoms with Crippen molar-refractivity contribution in [3.63, 3.8) is 0 Å². The van der Waals surface area contributed by atoms with E-state index in [1.54, 1.807) is 24.3 Å². The first-order chi connectivity index (χ1) is 11.6. The Labute approximate surface area is 138 Å². The fourth-order valence-electron chi connectivity index (χ4n) is 2.31. The van der Waals surface area contributed by atoms with Crippen LogP contribution >= 0.6 is 0 Å². The zero-order valence-electron chi connectivity index (χ0n) is 12.9. The summed E-state index contributed by atoms with van der Waals surface area (Å²) in [6.07, 6.45) is 7.02. The molecular formula is C17H17N3O4. The Morgan fingerprint density at radius 3 is 2.83 bits per heavy atom. The lowest BCUT2D eigenvalue weighted by molar-refractivity contribution is -0.139. The first kappa shape index (κ1) is 15.9. The third-order valence-corrected chi connectivity index (χ3v) is 3.73. The third-order valence-electron chi connectivity index (χ3n) is 3.73. The zero-order valence-corrected chi connectivity index (χ0v) is 12.9. The number of benzene rings is 1. The molecule has 1 aliphatic rings. The number of carboxylic acids is 1. The van der Waals surface area contributed by atoms with E-state index in [-0.39, 0.29) is 0 Å². The molecule has 3 rings (SSSR count). The molecule has 0 bridgehead atoms. The molecule has 1 amide bonds. The molecule has 1 aromatic carbocycles. The fraction of sp³-hybridized carbons (Fsp3) is 0.294. The molecule has 1 aliphatic carbocycles. The minimum absolute atomic E-state index is 0.312. The van der Waals surface area contributed by atoms with Gasteiger partial charge in [0, 0.05) is 18.0 Å². The van der Waals surface area contributed by atoms with E-state index in [0.29, 0.717) is 29.5 Å². The molecule has 1 unspecified atom stereocenters. The van der Waals surface area contributed by atoms with Gasteiger partial charge < -0.3 is 15.2 Å². The molecule has 1 atom stereocenters. The molecule has 124 valence electrons. The van der Waals surface area contributed by atoms with Gasteiger partial charge in [0.2, 0.25) is 5.88 Å². The molecule has 1 heterocycles. The van der Waals surface area contributed by atoms with E-state index in [1.165, 1.54) is 18.6 Å². The van der Waals surface area contributed by atoms with Crippen LogP contribution in [0.5, 0.6) is 11.6 Å². The number of carboxylic acid groups (broad SMARTS) is 1. The lowest BCUT2D eigenvalue weighted by Gasteiger charge is -2.14. The second kappa shape index (κ2) is 7.08. The number of carbonyl (C=O) groups is 2. The number of aromatic nitrogens is 2. The second-order valence-corrected chi connectivity index (χ2v) is 5.72. The van der Waals surface area contributed by atoms with Crippen molar-refractivity contribution in [2.24, 2.45) is 5.92 Å². The standard InChI is InChI=1S/C17H17N3O4/c21-16(20-14(17(22)23)8-11-4-5-11)12-2-1-3-13(9-12)24-15-10-18-6-7-19-15/h1-3,6-7,9-11,14H,4-5,8H2,(H,20,21)(H,22,23). The molecule has 7 nitrogen and oxygen atoms in total. The highest BCUT2D eigenvalue weighted by Gasteiger charge is 2.30. The van der Waals surface area contributed by atoms with Crippen LogP contribution in [0.4, 0.5) is 0 Å². The number of aliphatic carboxylic acids is 1. The Morgan fingerprint density at radius 1 is 1.33 bits per heavy atom. The van der Waals surface area contributed by atoms with Crippen molar-refractivity contribution in [3.8, 4) is 11.6 Å². The van der Waals surface area contributed by atoms with E-state index in [1.807, 2.05) is 0 Å². The molecule has 1 fully saturated rings. The minimum Gasteiger partial charge on any atom is -0.480 e. The minimum atomic E-state index is -1.01. The number of nitrogens with one attached hydrogen (secondary N) is 1. The number of hydrogen-bond acceptors (Lipinski definition) is 5. The third kappa shape index (κ3) is 4.28. The van der Waals surface area contributed by atoms with Gasteiger partial charge in [-0.25, -0.2) is 9.78 Å². The van der Waals surface area contributed by atoms with Gasteiger partial charge in [-0.15, -0.1) is 0 Å². The average Bonchev–Trinajstić information content (AvgIpc) is 3.39. The van der Waals surface area contributed by atoms with Gasteiger partial charge in [0.15, 0.2) is 0 Å². The molecule has 1 saturated carbocycles. The van der Waals surface area contributed by atoms with Crippen molar-refractivity contribution >= 4 is 11.9 Å². The van der Waals surface area contributed by atoms with Gasteiger partial charge in [-0.05, 0) is 30.5 Å². The molecule has 0 saturated heterocycles. The van der Waals surface area contributed by atoms with Crippen LogP contribution in [0.2, 0.25) is 0 Å². The first-order valence-corrected chi connectivity index (χ1v) is 7.69. The van der Waals surface area contributed by atoms with Crippen LogP contribution in [0.3, 0.4) is 0 Å². The van der Waals surface area contributed by atoms with Gasteiger partial charge in [-0.3, -0.25) is 9.78 Å². The first-order valence-electron chi connectivity index (χ1n) is 7.69. The summed E-state index contributed by atoms with van der Waals surface area (Å²) in [5, 5.41) is 11.8. The summed E-state index contributed by atoms with van der Waals surface area (Å²) in [5.41, 5.74) is 0.332. The van der Waals surface area contributed by atoms with Gasteiger partial charge in [-0.1, -0.05) is 18.9 Å². The predicted octanol–water partition coefficient (Wildman–Crippen LogP) is 2.25. The average molecular weight is 327 g/mol. The van der Waals surface area contributed by atoms with Gasteiger partial charge in [-0.2, -0.15) is 0 Å². The molecule has 0 spiro atoms. The lowest BCUT2D eigenvalue weighted by atomic mass is 10.1. The highest BCUT2D eigenvalue weighted by atomic mass is 16.5. The van der Waals surface area contributed by atoms with Crippen LogP contribution < -0.4 is 10.1 Å². The van der Waals surface area contributed by atoms with Crippen molar-refractivity contribution in [2.45, 2.75) is 25.3 Å². The Hall–Kier alpha value is -2.96. The van der Waals surface area contributed by atoms with Crippen LogP contribution in [0, 0.1) is 5.92 Å². The van der Waals surface area contributed by atoms with Crippen LogP contribution in [0.15, 0.2) is 42.9 Å². The van der Waals surface area contributed by atoms with Crippen molar-refractivity contribution in [1.82, 2.24) is 15.3 Å². The zero-order chi connectivity index (χ0) is 16.9. The summed E-state index contributed by atoms with van der Waals surface area (Å²) in [6, 6.07) is 5.63. The van der Waals surface area contributed by atoms with Crippen LogP contribution in [-0.2, 0) is 4.79 Å². The van der Waals surface area contributed by atoms with Crippen LogP contribution in [0.1, 0.15) is 29.6 Å². The number of amides is 1. The number of ether oxygens (including phenoxy) is 1. The smallest absolute Gasteiger partial charge is 0.326 e. The van der Waals surface area contributed by atoms with Crippen LogP contribution in [-0.4, -0.2) is 33.0 Å². The quantitative estimate of drug-likeness (QED) is 0.809. The van der Waals surface area contributed by atoms with Crippen molar-refractivity contribution in [3.05, 3.63) is 48.4 Å². The normalized spacial score (nSPS) is 14.7. The SMILES string of the molecule is O=C(NC(CC1CC1)C(=O)O)c1cccc(Oc2cnccn2)c1. The molecule has 7 heteroatoms. The molecule has 0 aliphatic heterocycles. The van der Waals surface area contributed by atoms with E-state index in [2.05, 4.69) is 15.3 Å². The predicted molar refractivity (Wildman–Crippen MR) is 84.8 cm³/mol. The largest absolute Gasteiger partial charge is 0.480 e. The number of hydrogen-bond donors (Lipinski definition) is 2. The number of rotatable bonds is 7. The number of nitrogens with zero attached hydrogens (tertiary/aromatic N) is 2. The van der Waals surface area contributed by atoms with E-state index in [0.717, 1.165) is 12.8 Å². The fourth-order valence-corrected chi connectivity index (χ4v) is 2.31. The highest BCUT2D eigenvalue weighted by Crippen LogP contribution is 2.33. The number of carbonyl (C=O) groups excluding carboxylic acids is 1. The molecule has 2 aromatic rings. The second-order valence-electron chi connectivity index (χ2n) is 5.72. The topological polar surface area (TPSA) is 101 Å². The monoisotopic (exact) mass is 327 g/mol. The van der Waals surface area contributed by atoms with E-state index in [9.17, 15) is 14.7 Å². The summed E-state index contributed by atoms with van der Waals surface area (Å²) >= 11 is 0. The summed E-state index contributed by atoms with van der Waals surface area (Å²) in [4.78, 5) is 31.5. The van der Waals surface area contributed by atoms with Crippen molar-refractivity contribution in [2.75, 3.05) is 0 Å². The van der Waals surface area contributed by atoms with Crippen molar-refractivity contribution in [1.29, 1.82) is 0 Å². The van der Waals surface area contributed by atoms with E-state index >= 15 is 0 Å². The summed E-state index contributed by atoms with van der Waals surface area (Å²) in [5.74, 6) is -0.308. The molecule has 0 radical (unpaired) electrons. The Bertz CT molecular complexity index is 732. The maximum Gasteiger partial charge on any atom is 0.326 e. The van der Waals surface area contributed by atoms with Gasteiger partial charge >= 0.3 is 5.97 Å². The van der Waals surface area contributed by atoms with Gasteiger partial charge in [0.1, 0.15) is 11.8 Å². The summed E-state index contributed by atoms with van der Waals surface area (Å²) < 4.78 is 5.53.